The van der Waals surface area contributed by atoms with E-state index < -0.39 is 0 Å². The van der Waals surface area contributed by atoms with Crippen LogP contribution in [0.25, 0.3) is 0 Å². The van der Waals surface area contributed by atoms with Gasteiger partial charge in [0.05, 0.1) is 26.5 Å². The number of carbonyl (C=O) groups is 2. The predicted molar refractivity (Wildman–Crippen MR) is 111 cm³/mol. The number of benzene rings is 2. The minimum Gasteiger partial charge on any atom is -0.345 e. The van der Waals surface area contributed by atoms with E-state index in [1.807, 2.05) is 6.92 Å². The van der Waals surface area contributed by atoms with Gasteiger partial charge in [-0.15, -0.1) is 11.3 Å². The van der Waals surface area contributed by atoms with Gasteiger partial charge >= 0.3 is 0 Å². The zero-order valence-corrected chi connectivity index (χ0v) is 16.8. The second-order valence-electron chi connectivity index (χ2n) is 6.30. The normalized spacial score (nSPS) is 11.7. The van der Waals surface area contributed by atoms with E-state index in [9.17, 15) is 14.0 Å². The van der Waals surface area contributed by atoms with E-state index >= 15 is 0 Å². The molecule has 144 valence electrons. The lowest BCUT2D eigenvalue weighted by atomic mass is 10.1. The third kappa shape index (κ3) is 4.58. The van der Waals surface area contributed by atoms with Gasteiger partial charge in [0.1, 0.15) is 5.82 Å². The van der Waals surface area contributed by atoms with Crippen LogP contribution in [0, 0.1) is 12.7 Å². The topological polar surface area (TPSA) is 58.2 Å². The van der Waals surface area contributed by atoms with Crippen molar-refractivity contribution in [2.75, 3.05) is 5.32 Å². The number of amides is 2. The molecule has 0 aliphatic heterocycles. The van der Waals surface area contributed by atoms with Crippen molar-refractivity contribution in [2.24, 2.45) is 0 Å². The average molecular weight is 417 g/mol. The summed E-state index contributed by atoms with van der Waals surface area (Å²) in [7, 11) is 0. The molecule has 28 heavy (non-hydrogen) atoms. The van der Waals surface area contributed by atoms with Crippen LogP contribution in [0.15, 0.2) is 54.6 Å². The fourth-order valence-corrected chi connectivity index (χ4v) is 3.88. The average Bonchev–Trinajstić information content (AvgIpc) is 3.02. The molecule has 0 radical (unpaired) electrons. The van der Waals surface area contributed by atoms with E-state index in [1.54, 1.807) is 49.4 Å². The smallest absolute Gasteiger partial charge is 0.262 e. The van der Waals surface area contributed by atoms with Crippen molar-refractivity contribution in [3.8, 4) is 0 Å². The number of halogens is 2. The van der Waals surface area contributed by atoms with E-state index in [2.05, 4.69) is 10.6 Å². The van der Waals surface area contributed by atoms with E-state index in [4.69, 9.17) is 11.6 Å². The monoisotopic (exact) mass is 416 g/mol. The Labute approximate surface area is 171 Å². The molecule has 0 fully saturated rings. The number of thiophene rings is 1. The number of anilines is 1. The summed E-state index contributed by atoms with van der Waals surface area (Å²) in [6.45, 7) is 3.63. The minimum atomic E-state index is -0.335. The van der Waals surface area contributed by atoms with Crippen LogP contribution in [0.5, 0.6) is 0 Å². The standard InChI is InChI=1S/C21H18ClFN2O2S/c1-12-11-18(25-20(26)16-5-3-4-6-17(16)22)28-19(12)21(27)24-13(2)14-7-9-15(23)10-8-14/h3-11,13H,1-2H3,(H,24,27)(H,25,26)/t13-/m0/s1. The van der Waals surface area contributed by atoms with Crippen molar-refractivity contribution in [3.63, 3.8) is 0 Å². The third-order valence-corrected chi connectivity index (χ3v) is 5.68. The lowest BCUT2D eigenvalue weighted by Crippen LogP contribution is -2.26. The van der Waals surface area contributed by atoms with E-state index in [0.29, 0.717) is 20.5 Å². The summed E-state index contributed by atoms with van der Waals surface area (Å²) in [6.07, 6.45) is 0. The first-order valence-corrected chi connectivity index (χ1v) is 9.77. The van der Waals surface area contributed by atoms with Crippen molar-refractivity contribution in [1.29, 1.82) is 0 Å². The summed E-state index contributed by atoms with van der Waals surface area (Å²) in [6, 6.07) is 14.2. The highest BCUT2D eigenvalue weighted by molar-refractivity contribution is 7.18. The summed E-state index contributed by atoms with van der Waals surface area (Å²) in [5.41, 5.74) is 1.92. The quantitative estimate of drug-likeness (QED) is 0.569. The van der Waals surface area contributed by atoms with Crippen LogP contribution in [0.4, 0.5) is 9.39 Å². The Bertz CT molecular complexity index is 1020. The molecule has 0 saturated heterocycles. The van der Waals surface area contributed by atoms with Gasteiger partial charge < -0.3 is 10.6 Å². The maximum Gasteiger partial charge on any atom is 0.262 e. The zero-order chi connectivity index (χ0) is 20.3. The van der Waals surface area contributed by atoms with Gasteiger partial charge in [0, 0.05) is 0 Å². The molecule has 2 amide bonds. The van der Waals surface area contributed by atoms with Crippen LogP contribution in [0.1, 0.15) is 44.1 Å². The molecular formula is C21H18ClFN2O2S. The van der Waals surface area contributed by atoms with E-state index in [1.165, 1.54) is 23.5 Å². The Morgan fingerprint density at radius 2 is 1.75 bits per heavy atom. The van der Waals surface area contributed by atoms with Gasteiger partial charge in [0.25, 0.3) is 11.8 Å². The Hall–Kier alpha value is -2.70. The number of nitrogens with one attached hydrogen (secondary N) is 2. The van der Waals surface area contributed by atoms with Gasteiger partial charge in [-0.2, -0.15) is 0 Å². The van der Waals surface area contributed by atoms with Crippen LogP contribution in [-0.2, 0) is 0 Å². The van der Waals surface area contributed by atoms with Gasteiger partial charge in [0.15, 0.2) is 0 Å². The SMILES string of the molecule is Cc1cc(NC(=O)c2ccccc2Cl)sc1C(=O)N[C@@H](C)c1ccc(F)cc1. The lowest BCUT2D eigenvalue weighted by Gasteiger charge is -2.14. The molecule has 0 unspecified atom stereocenters. The fourth-order valence-electron chi connectivity index (χ4n) is 2.69. The number of carbonyl (C=O) groups excluding carboxylic acids is 2. The summed E-state index contributed by atoms with van der Waals surface area (Å²) in [4.78, 5) is 25.5. The van der Waals surface area contributed by atoms with Gasteiger partial charge in [-0.05, 0) is 55.3 Å². The van der Waals surface area contributed by atoms with Crippen LogP contribution in [0.2, 0.25) is 5.02 Å². The summed E-state index contributed by atoms with van der Waals surface area (Å²) >= 11 is 7.24. The van der Waals surface area contributed by atoms with Crippen molar-refractivity contribution >= 4 is 39.8 Å². The fraction of sp³-hybridized carbons (Fsp3) is 0.143. The van der Waals surface area contributed by atoms with Gasteiger partial charge in [-0.3, -0.25) is 9.59 Å². The Kier molecular flexibility index (Phi) is 6.11. The Balaban J connectivity index is 1.71. The molecule has 1 aromatic heterocycles. The molecule has 0 spiro atoms. The van der Waals surface area contributed by atoms with E-state index in [-0.39, 0.29) is 23.7 Å². The molecule has 3 aromatic rings. The largest absolute Gasteiger partial charge is 0.345 e. The first-order chi connectivity index (χ1) is 13.3. The van der Waals surface area contributed by atoms with E-state index in [0.717, 1.165) is 11.1 Å². The molecule has 0 aliphatic carbocycles. The maximum absolute atomic E-state index is 13.1. The first-order valence-electron chi connectivity index (χ1n) is 8.58. The molecule has 0 saturated carbocycles. The lowest BCUT2D eigenvalue weighted by molar-refractivity contribution is 0.0942. The molecule has 7 heteroatoms. The summed E-state index contributed by atoms with van der Waals surface area (Å²) in [5, 5.41) is 6.59. The minimum absolute atomic E-state index is 0.252. The van der Waals surface area contributed by atoms with Crippen molar-refractivity contribution in [1.82, 2.24) is 5.32 Å². The van der Waals surface area contributed by atoms with Crippen LogP contribution in [-0.4, -0.2) is 11.8 Å². The van der Waals surface area contributed by atoms with Crippen LogP contribution >= 0.6 is 22.9 Å². The molecular weight excluding hydrogens is 399 g/mol. The van der Waals surface area contributed by atoms with Crippen LogP contribution in [0.3, 0.4) is 0 Å². The number of rotatable bonds is 5. The first kappa shape index (κ1) is 20.0. The van der Waals surface area contributed by atoms with Crippen molar-refractivity contribution in [3.05, 3.63) is 87.0 Å². The molecule has 0 bridgehead atoms. The van der Waals surface area contributed by atoms with Gasteiger partial charge in [-0.1, -0.05) is 35.9 Å². The molecule has 1 heterocycles. The number of hydrogen-bond donors (Lipinski definition) is 2. The second-order valence-corrected chi connectivity index (χ2v) is 7.76. The maximum atomic E-state index is 13.1. The van der Waals surface area contributed by atoms with Gasteiger partial charge in [0.2, 0.25) is 0 Å². The molecule has 4 nitrogen and oxygen atoms in total. The number of aryl methyl sites for hydroxylation is 1. The number of hydrogen-bond acceptors (Lipinski definition) is 3. The summed E-state index contributed by atoms with van der Waals surface area (Å²) in [5.74, 6) is -0.911. The highest BCUT2D eigenvalue weighted by Crippen LogP contribution is 2.28. The molecule has 0 aliphatic rings. The predicted octanol–water partition coefficient (Wildman–Crippen LogP) is 5.59. The van der Waals surface area contributed by atoms with Crippen LogP contribution < -0.4 is 10.6 Å². The summed E-state index contributed by atoms with van der Waals surface area (Å²) < 4.78 is 13.1. The Morgan fingerprint density at radius 1 is 1.07 bits per heavy atom. The highest BCUT2D eigenvalue weighted by atomic mass is 35.5. The molecule has 3 rings (SSSR count). The highest BCUT2D eigenvalue weighted by Gasteiger charge is 2.18. The van der Waals surface area contributed by atoms with Crippen molar-refractivity contribution in [2.45, 2.75) is 19.9 Å². The zero-order valence-electron chi connectivity index (χ0n) is 15.3. The third-order valence-electron chi connectivity index (χ3n) is 4.20. The molecule has 1 atom stereocenters. The second kappa shape index (κ2) is 8.54. The van der Waals surface area contributed by atoms with Gasteiger partial charge in [-0.25, -0.2) is 4.39 Å². The van der Waals surface area contributed by atoms with Crippen molar-refractivity contribution < 1.29 is 14.0 Å². The molecule has 2 N–H and O–H groups in total. The molecule has 2 aromatic carbocycles. The Morgan fingerprint density at radius 3 is 2.43 bits per heavy atom.